The van der Waals surface area contributed by atoms with E-state index in [1.54, 1.807) is 0 Å². The van der Waals surface area contributed by atoms with Crippen molar-refractivity contribution < 1.29 is 0 Å². The largest absolute Gasteiger partial charge is 0.119 e. The van der Waals surface area contributed by atoms with Gasteiger partial charge < -0.3 is 0 Å². The van der Waals surface area contributed by atoms with Crippen molar-refractivity contribution in [2.75, 3.05) is 0 Å². The summed E-state index contributed by atoms with van der Waals surface area (Å²) >= 11 is 0. The van der Waals surface area contributed by atoms with Crippen LogP contribution in [0.15, 0.2) is 48.5 Å². The Balaban J connectivity index is 1.42. The summed E-state index contributed by atoms with van der Waals surface area (Å²) in [5.41, 5.74) is 9.30. The van der Waals surface area contributed by atoms with Gasteiger partial charge in [-0.05, 0) is 84.8 Å². The third kappa shape index (κ3) is 3.46. The molecule has 0 heterocycles. The van der Waals surface area contributed by atoms with Gasteiger partial charge in [0.25, 0.3) is 0 Å². The topological polar surface area (TPSA) is 0 Å². The molecule has 0 aromatic heterocycles. The van der Waals surface area contributed by atoms with Gasteiger partial charge in [-0.3, -0.25) is 0 Å². The summed E-state index contributed by atoms with van der Waals surface area (Å²) in [4.78, 5) is 0. The van der Waals surface area contributed by atoms with Crippen LogP contribution in [0.1, 0.15) is 74.8 Å². The molecular weight excluding hydrogens is 348 g/mol. The quantitative estimate of drug-likeness (QED) is 0.460. The molecule has 2 fully saturated rings. The molecule has 0 unspecified atom stereocenters. The molecule has 0 atom stereocenters. The molecule has 0 nitrogen and oxygen atoms in total. The number of hydrogen-bond donors (Lipinski definition) is 0. The lowest BCUT2D eigenvalue weighted by Gasteiger charge is -2.19. The molecule has 2 aromatic rings. The van der Waals surface area contributed by atoms with Crippen molar-refractivity contribution in [1.29, 1.82) is 0 Å². The molecule has 0 heteroatoms. The van der Waals surface area contributed by atoms with Crippen LogP contribution in [0.2, 0.25) is 0 Å². The smallest absolute Gasteiger partial charge is 0.0427 e. The molecule has 0 saturated heterocycles. The summed E-state index contributed by atoms with van der Waals surface area (Å²) in [5.74, 6) is 3.07. The molecule has 29 heavy (non-hydrogen) atoms. The van der Waals surface area contributed by atoms with E-state index in [0.29, 0.717) is 5.41 Å². The van der Waals surface area contributed by atoms with Crippen LogP contribution in [-0.2, 0) is 18.3 Å². The van der Waals surface area contributed by atoms with E-state index in [1.165, 1.54) is 52.7 Å². The maximum Gasteiger partial charge on any atom is 0.0427 e. The summed E-state index contributed by atoms with van der Waals surface area (Å²) in [6.07, 6.45) is 13.9. The highest BCUT2D eigenvalue weighted by Gasteiger charge is 2.83. The van der Waals surface area contributed by atoms with Crippen molar-refractivity contribution in [3.8, 4) is 12.3 Å². The van der Waals surface area contributed by atoms with Gasteiger partial charge in [-0.25, -0.2) is 0 Å². The molecule has 0 amide bonds. The molecular formula is C29H34. The first-order valence-electron chi connectivity index (χ1n) is 11.1. The first kappa shape index (κ1) is 20.0. The second kappa shape index (κ2) is 6.91. The van der Waals surface area contributed by atoms with E-state index in [4.69, 9.17) is 6.42 Å². The third-order valence-corrected chi connectivity index (χ3v) is 7.30. The lowest BCUT2D eigenvalue weighted by molar-refractivity contribution is 0.590. The normalized spacial score (nSPS) is 25.3. The summed E-state index contributed by atoms with van der Waals surface area (Å²) in [6.45, 7) is 11.2. The summed E-state index contributed by atoms with van der Waals surface area (Å²) in [6, 6.07) is 16.2. The molecule has 0 aliphatic heterocycles. The summed E-state index contributed by atoms with van der Waals surface area (Å²) in [7, 11) is 0. The summed E-state index contributed by atoms with van der Waals surface area (Å²) < 4.78 is 0. The zero-order valence-electron chi connectivity index (χ0n) is 18.7. The van der Waals surface area contributed by atoms with Crippen LogP contribution < -0.4 is 0 Å². The number of benzene rings is 2. The van der Waals surface area contributed by atoms with Crippen LogP contribution in [0.25, 0.3) is 5.57 Å². The monoisotopic (exact) mass is 382 g/mol. The maximum atomic E-state index is 5.81. The third-order valence-electron chi connectivity index (χ3n) is 7.30. The van der Waals surface area contributed by atoms with Crippen molar-refractivity contribution in [2.24, 2.45) is 10.8 Å². The predicted octanol–water partition coefficient (Wildman–Crippen LogP) is 7.28. The Labute approximate surface area is 177 Å². The van der Waals surface area contributed by atoms with Crippen molar-refractivity contribution >= 4 is 5.57 Å². The second-order valence-corrected chi connectivity index (χ2v) is 10.3. The second-order valence-electron chi connectivity index (χ2n) is 10.3. The molecule has 0 N–H and O–H groups in total. The van der Waals surface area contributed by atoms with Gasteiger partial charge in [-0.15, -0.1) is 6.42 Å². The highest BCUT2D eigenvalue weighted by molar-refractivity contribution is 5.82. The lowest BCUT2D eigenvalue weighted by atomic mass is 9.86. The van der Waals surface area contributed by atoms with E-state index < -0.39 is 0 Å². The zero-order valence-corrected chi connectivity index (χ0v) is 18.7. The average molecular weight is 383 g/mol. The van der Waals surface area contributed by atoms with Crippen LogP contribution in [0, 0.1) is 30.1 Å². The minimum atomic E-state index is 0.191. The number of fused-ring (bicyclic) bond motifs is 1. The molecule has 2 aliphatic rings. The first-order valence-corrected chi connectivity index (χ1v) is 11.1. The van der Waals surface area contributed by atoms with Crippen LogP contribution in [0.4, 0.5) is 0 Å². The number of terminal acetylenes is 1. The number of aryl methyl sites for hydroxylation is 3. The fourth-order valence-electron chi connectivity index (χ4n) is 5.05. The number of hydrogen-bond acceptors (Lipinski definition) is 0. The lowest BCUT2D eigenvalue weighted by Crippen LogP contribution is -2.10. The zero-order chi connectivity index (χ0) is 20.9. The minimum absolute atomic E-state index is 0.191. The van der Waals surface area contributed by atoms with Crippen molar-refractivity contribution in [2.45, 2.75) is 72.1 Å². The van der Waals surface area contributed by atoms with E-state index in [9.17, 15) is 0 Å². The number of allylic oxidation sites excluding steroid dienone is 2. The highest BCUT2D eigenvalue weighted by Crippen LogP contribution is 2.90. The molecule has 4 rings (SSSR count). The van der Waals surface area contributed by atoms with Crippen molar-refractivity contribution in [3.05, 3.63) is 76.4 Å². The Kier molecular flexibility index (Phi) is 4.77. The van der Waals surface area contributed by atoms with E-state index in [-0.39, 0.29) is 10.8 Å². The van der Waals surface area contributed by atoms with E-state index in [2.05, 4.69) is 89.1 Å². The maximum absolute atomic E-state index is 5.81. The van der Waals surface area contributed by atoms with Crippen LogP contribution in [-0.4, -0.2) is 0 Å². The summed E-state index contributed by atoms with van der Waals surface area (Å²) in [5, 5.41) is 0. The molecule has 0 radical (unpaired) electrons. The fraction of sp³-hybridized carbons (Fsp3) is 0.448. The van der Waals surface area contributed by atoms with Crippen molar-refractivity contribution in [3.63, 3.8) is 0 Å². The van der Waals surface area contributed by atoms with Gasteiger partial charge in [-0.1, -0.05) is 75.2 Å². The molecule has 0 spiro atoms. The minimum Gasteiger partial charge on any atom is -0.119 e. The van der Waals surface area contributed by atoms with Crippen LogP contribution in [0.5, 0.6) is 0 Å². The predicted molar refractivity (Wildman–Crippen MR) is 125 cm³/mol. The number of rotatable bonds is 6. The van der Waals surface area contributed by atoms with Crippen molar-refractivity contribution in [1.82, 2.24) is 0 Å². The Morgan fingerprint density at radius 3 is 2.21 bits per heavy atom. The molecule has 2 aromatic carbocycles. The van der Waals surface area contributed by atoms with Gasteiger partial charge in [0.1, 0.15) is 0 Å². The Morgan fingerprint density at radius 2 is 1.66 bits per heavy atom. The first-order chi connectivity index (χ1) is 13.7. The van der Waals surface area contributed by atoms with Gasteiger partial charge in [0, 0.05) is 10.8 Å². The standard InChI is InChI=1S/C29H34/c1-7-26(29-19-28(29,8-2)20-29)25-18-23(13-12-21(25)3)11-9-10-22-14-16-24(17-15-22)27(4,5)6/h2,7,12-18H,9-11,19-20H2,1,3-6H3/b26-7+. The van der Waals surface area contributed by atoms with E-state index in [1.807, 2.05) is 0 Å². The Hall–Kier alpha value is -2.26. The van der Waals surface area contributed by atoms with Crippen LogP contribution >= 0.6 is 0 Å². The molecule has 2 saturated carbocycles. The van der Waals surface area contributed by atoms with Gasteiger partial charge in [0.2, 0.25) is 0 Å². The van der Waals surface area contributed by atoms with Gasteiger partial charge in [0.15, 0.2) is 0 Å². The van der Waals surface area contributed by atoms with Gasteiger partial charge in [0.05, 0.1) is 0 Å². The van der Waals surface area contributed by atoms with Gasteiger partial charge >= 0.3 is 0 Å². The van der Waals surface area contributed by atoms with Gasteiger partial charge in [-0.2, -0.15) is 0 Å². The fourth-order valence-corrected chi connectivity index (χ4v) is 5.05. The SMILES string of the molecule is C#CC12CC1(/C(=C/C)c1cc(CCCc3ccc(C(C)(C)C)cc3)ccc1C)C2. The average Bonchev–Trinajstić information content (AvgIpc) is 3.51. The Morgan fingerprint density at radius 1 is 1.03 bits per heavy atom. The molecule has 150 valence electrons. The molecule has 2 aliphatic carbocycles. The molecule has 0 bridgehead atoms. The van der Waals surface area contributed by atoms with Crippen LogP contribution in [0.3, 0.4) is 0 Å². The van der Waals surface area contributed by atoms with E-state index in [0.717, 1.165) is 12.8 Å². The Bertz CT molecular complexity index is 980. The van der Waals surface area contributed by atoms with E-state index >= 15 is 0 Å². The highest BCUT2D eigenvalue weighted by atomic mass is 14.8.